The van der Waals surface area contributed by atoms with Crippen molar-refractivity contribution in [1.29, 1.82) is 0 Å². The number of nitrogens with one attached hydrogen (secondary N) is 2. The smallest absolute Gasteiger partial charge is 0.191 e. The van der Waals surface area contributed by atoms with Crippen LogP contribution in [0.2, 0.25) is 0 Å². The summed E-state index contributed by atoms with van der Waals surface area (Å²) >= 11 is 0. The molecule has 0 aromatic heterocycles. The number of nitrogens with zero attached hydrogens (tertiary/aromatic N) is 1. The standard InChI is InChI=1S/C19H24FN3O3S/c1-21-19(22-12-11-15-7-3-5-9-17(15)26-2)23-13-14-27(24,25)18-10-6-4-8-16(18)20/h3-10H,11-14H2,1-2H3,(H2,21,22,23). The second-order valence-electron chi connectivity index (χ2n) is 5.74. The van der Waals surface area contributed by atoms with Gasteiger partial charge in [-0.1, -0.05) is 30.3 Å². The molecule has 8 heteroatoms. The van der Waals surface area contributed by atoms with Gasteiger partial charge in [-0.3, -0.25) is 4.99 Å². The van der Waals surface area contributed by atoms with Gasteiger partial charge in [0.05, 0.1) is 12.9 Å². The number of para-hydroxylation sites is 1. The second kappa shape index (κ2) is 9.91. The number of benzene rings is 2. The maximum atomic E-state index is 13.7. The molecule has 0 saturated heterocycles. The van der Waals surface area contributed by atoms with Crippen molar-refractivity contribution in [3.05, 3.63) is 59.9 Å². The highest BCUT2D eigenvalue weighted by atomic mass is 32.2. The number of aliphatic imine (C=N–C) groups is 1. The van der Waals surface area contributed by atoms with Gasteiger partial charge in [-0.25, -0.2) is 12.8 Å². The van der Waals surface area contributed by atoms with Crippen LogP contribution in [0.15, 0.2) is 58.4 Å². The first-order chi connectivity index (χ1) is 13.0. The van der Waals surface area contributed by atoms with Crippen molar-refractivity contribution in [3.8, 4) is 5.75 Å². The molecule has 0 atom stereocenters. The van der Waals surface area contributed by atoms with Gasteiger partial charge >= 0.3 is 0 Å². The number of ether oxygens (including phenoxy) is 1. The second-order valence-corrected chi connectivity index (χ2v) is 7.81. The summed E-state index contributed by atoms with van der Waals surface area (Å²) in [5.41, 5.74) is 1.06. The molecule has 27 heavy (non-hydrogen) atoms. The highest BCUT2D eigenvalue weighted by molar-refractivity contribution is 7.91. The summed E-state index contributed by atoms with van der Waals surface area (Å²) in [6, 6.07) is 13.1. The predicted molar refractivity (Wildman–Crippen MR) is 105 cm³/mol. The van der Waals surface area contributed by atoms with Crippen molar-refractivity contribution in [2.75, 3.05) is 33.0 Å². The summed E-state index contributed by atoms with van der Waals surface area (Å²) in [7, 11) is -0.475. The zero-order valence-corrected chi connectivity index (χ0v) is 16.2. The van der Waals surface area contributed by atoms with Gasteiger partial charge in [0.15, 0.2) is 15.8 Å². The van der Waals surface area contributed by atoms with Crippen LogP contribution in [0.1, 0.15) is 5.56 Å². The molecule has 0 aliphatic heterocycles. The maximum absolute atomic E-state index is 13.7. The summed E-state index contributed by atoms with van der Waals surface area (Å²) < 4.78 is 43.5. The normalized spacial score (nSPS) is 11.9. The molecule has 0 spiro atoms. The average Bonchev–Trinajstić information content (AvgIpc) is 2.67. The Labute approximate surface area is 159 Å². The van der Waals surface area contributed by atoms with Gasteiger partial charge in [0.1, 0.15) is 16.5 Å². The summed E-state index contributed by atoms with van der Waals surface area (Å²) in [5, 5.41) is 6.06. The molecular weight excluding hydrogens is 369 g/mol. The molecule has 2 N–H and O–H groups in total. The summed E-state index contributed by atoms with van der Waals surface area (Å²) in [6.07, 6.45) is 0.720. The zero-order chi connectivity index (χ0) is 19.7. The van der Waals surface area contributed by atoms with Crippen LogP contribution < -0.4 is 15.4 Å². The van der Waals surface area contributed by atoms with Crippen molar-refractivity contribution in [2.45, 2.75) is 11.3 Å². The van der Waals surface area contributed by atoms with Crippen LogP contribution in [0.5, 0.6) is 5.75 Å². The number of rotatable bonds is 8. The lowest BCUT2D eigenvalue weighted by molar-refractivity contribution is 0.409. The van der Waals surface area contributed by atoms with E-state index in [9.17, 15) is 12.8 Å². The van der Waals surface area contributed by atoms with Gasteiger partial charge in [-0.05, 0) is 30.2 Å². The van der Waals surface area contributed by atoms with E-state index in [0.29, 0.717) is 12.5 Å². The molecule has 0 radical (unpaired) electrons. The van der Waals surface area contributed by atoms with Crippen LogP contribution in [-0.4, -0.2) is 47.4 Å². The Bertz CT molecular complexity index is 885. The lowest BCUT2D eigenvalue weighted by Crippen LogP contribution is -2.40. The number of hydrogen-bond donors (Lipinski definition) is 2. The summed E-state index contributed by atoms with van der Waals surface area (Å²) in [4.78, 5) is 3.78. The molecule has 0 aliphatic carbocycles. The van der Waals surface area contributed by atoms with E-state index in [4.69, 9.17) is 4.74 Å². The van der Waals surface area contributed by atoms with Crippen molar-refractivity contribution in [3.63, 3.8) is 0 Å². The van der Waals surface area contributed by atoms with Gasteiger partial charge in [-0.2, -0.15) is 0 Å². The molecule has 0 bridgehead atoms. The van der Waals surface area contributed by atoms with Gasteiger partial charge in [-0.15, -0.1) is 0 Å². The van der Waals surface area contributed by atoms with E-state index in [1.54, 1.807) is 14.2 Å². The zero-order valence-electron chi connectivity index (χ0n) is 15.4. The molecule has 0 saturated carbocycles. The first-order valence-corrected chi connectivity index (χ1v) is 10.2. The van der Waals surface area contributed by atoms with E-state index in [-0.39, 0.29) is 17.2 Å². The Balaban J connectivity index is 1.83. The van der Waals surface area contributed by atoms with Crippen LogP contribution >= 0.6 is 0 Å². The number of hydrogen-bond acceptors (Lipinski definition) is 4. The van der Waals surface area contributed by atoms with E-state index >= 15 is 0 Å². The number of sulfone groups is 1. The van der Waals surface area contributed by atoms with Crippen molar-refractivity contribution in [2.24, 2.45) is 4.99 Å². The molecule has 0 amide bonds. The van der Waals surface area contributed by atoms with Gasteiger partial charge in [0.2, 0.25) is 0 Å². The fraction of sp³-hybridized carbons (Fsp3) is 0.316. The molecule has 0 fully saturated rings. The SMILES string of the molecule is CN=C(NCCc1ccccc1OC)NCCS(=O)(=O)c1ccccc1F. The third-order valence-electron chi connectivity index (χ3n) is 3.94. The maximum Gasteiger partial charge on any atom is 0.191 e. The molecule has 6 nitrogen and oxygen atoms in total. The van der Waals surface area contributed by atoms with Gasteiger partial charge in [0.25, 0.3) is 0 Å². The molecule has 2 aromatic carbocycles. The summed E-state index contributed by atoms with van der Waals surface area (Å²) in [5.74, 6) is 0.324. The van der Waals surface area contributed by atoms with Crippen LogP contribution in [0, 0.1) is 5.82 Å². The molecule has 2 aromatic rings. The highest BCUT2D eigenvalue weighted by Gasteiger charge is 2.18. The minimum Gasteiger partial charge on any atom is -0.496 e. The minimum atomic E-state index is -3.70. The van der Waals surface area contributed by atoms with Crippen LogP contribution in [0.4, 0.5) is 4.39 Å². The first-order valence-electron chi connectivity index (χ1n) is 8.51. The largest absolute Gasteiger partial charge is 0.496 e. The Morgan fingerprint density at radius 3 is 2.44 bits per heavy atom. The third-order valence-corrected chi connectivity index (χ3v) is 5.68. The Morgan fingerprint density at radius 2 is 1.74 bits per heavy atom. The van der Waals surface area contributed by atoms with E-state index in [1.165, 1.54) is 18.2 Å². The van der Waals surface area contributed by atoms with E-state index in [2.05, 4.69) is 15.6 Å². The predicted octanol–water partition coefficient (Wildman–Crippen LogP) is 2.02. The highest BCUT2D eigenvalue weighted by Crippen LogP contribution is 2.17. The van der Waals surface area contributed by atoms with E-state index in [0.717, 1.165) is 23.8 Å². The molecule has 0 unspecified atom stereocenters. The molecule has 2 rings (SSSR count). The molecule has 146 valence electrons. The number of guanidine groups is 1. The summed E-state index contributed by atoms with van der Waals surface area (Å²) in [6.45, 7) is 0.713. The van der Waals surface area contributed by atoms with Crippen LogP contribution in [0.3, 0.4) is 0 Å². The van der Waals surface area contributed by atoms with Crippen molar-refractivity contribution >= 4 is 15.8 Å². The minimum absolute atomic E-state index is 0.116. The number of methoxy groups -OCH3 is 1. The lowest BCUT2D eigenvalue weighted by Gasteiger charge is -2.13. The Kier molecular flexibility index (Phi) is 7.60. The molecular formula is C19H24FN3O3S. The van der Waals surface area contributed by atoms with Crippen LogP contribution in [0.25, 0.3) is 0 Å². The number of halogens is 1. The third kappa shape index (κ3) is 5.96. The van der Waals surface area contributed by atoms with E-state index < -0.39 is 15.7 Å². The Morgan fingerprint density at radius 1 is 1.07 bits per heavy atom. The van der Waals surface area contributed by atoms with Gasteiger partial charge in [0, 0.05) is 20.1 Å². The van der Waals surface area contributed by atoms with Crippen molar-refractivity contribution in [1.82, 2.24) is 10.6 Å². The van der Waals surface area contributed by atoms with E-state index in [1.807, 2.05) is 24.3 Å². The fourth-order valence-corrected chi connectivity index (χ4v) is 3.80. The Hall–Kier alpha value is -2.61. The average molecular weight is 393 g/mol. The topological polar surface area (TPSA) is 79.8 Å². The van der Waals surface area contributed by atoms with Gasteiger partial charge < -0.3 is 15.4 Å². The van der Waals surface area contributed by atoms with Crippen molar-refractivity contribution < 1.29 is 17.5 Å². The monoisotopic (exact) mass is 393 g/mol. The fourth-order valence-electron chi connectivity index (χ4n) is 2.56. The van der Waals surface area contributed by atoms with Crippen LogP contribution in [-0.2, 0) is 16.3 Å². The lowest BCUT2D eigenvalue weighted by atomic mass is 10.1. The molecule has 0 heterocycles. The quantitative estimate of drug-likeness (QED) is 0.530. The first kappa shape index (κ1) is 20.7. The molecule has 0 aliphatic rings.